The summed E-state index contributed by atoms with van der Waals surface area (Å²) >= 11 is 0. The maximum atomic E-state index is 12.6. The molecule has 2 aromatic rings. The van der Waals surface area contributed by atoms with Crippen LogP contribution in [0.1, 0.15) is 17.2 Å². The Bertz CT molecular complexity index is 717. The summed E-state index contributed by atoms with van der Waals surface area (Å²) in [6.45, 7) is 1.21. The van der Waals surface area contributed by atoms with E-state index in [2.05, 4.69) is 5.32 Å². The Labute approximate surface area is 143 Å². The second-order valence-corrected chi connectivity index (χ2v) is 5.72. The van der Waals surface area contributed by atoms with E-state index in [9.17, 15) is 18.0 Å². The standard InChI is InChI=1S/C18H17F3N2O2/c19-18(20,21)14-6-8-15(9-7-14)22-17(24)23-10-11-25-16(12-23)13-4-2-1-3-5-13/h1-9,16H,10-12H2,(H,22,24). The lowest BCUT2D eigenvalue weighted by atomic mass is 10.1. The highest BCUT2D eigenvalue weighted by Crippen LogP contribution is 2.30. The molecule has 0 spiro atoms. The number of nitrogens with one attached hydrogen (secondary N) is 1. The normalized spacial score (nSPS) is 18.0. The van der Waals surface area contributed by atoms with Crippen molar-refractivity contribution in [2.75, 3.05) is 25.0 Å². The van der Waals surface area contributed by atoms with E-state index in [1.807, 2.05) is 30.3 Å². The van der Waals surface area contributed by atoms with Crippen LogP contribution in [0.15, 0.2) is 54.6 Å². The molecule has 2 amide bonds. The minimum absolute atomic E-state index is 0.215. The highest BCUT2D eigenvalue weighted by molar-refractivity contribution is 5.89. The number of rotatable bonds is 2. The van der Waals surface area contributed by atoms with Crippen molar-refractivity contribution in [1.29, 1.82) is 0 Å². The average Bonchev–Trinajstić information content (AvgIpc) is 2.62. The summed E-state index contributed by atoms with van der Waals surface area (Å²) in [5, 5.41) is 2.63. The van der Waals surface area contributed by atoms with Crippen molar-refractivity contribution in [1.82, 2.24) is 4.90 Å². The number of hydrogen-bond acceptors (Lipinski definition) is 2. The van der Waals surface area contributed by atoms with Crippen LogP contribution in [0.3, 0.4) is 0 Å². The number of urea groups is 1. The van der Waals surface area contributed by atoms with E-state index < -0.39 is 11.7 Å². The molecule has 2 aromatic carbocycles. The molecule has 0 saturated carbocycles. The number of ether oxygens (including phenoxy) is 1. The van der Waals surface area contributed by atoms with Crippen molar-refractivity contribution in [3.63, 3.8) is 0 Å². The molecule has 3 rings (SSSR count). The molecule has 1 N–H and O–H groups in total. The van der Waals surface area contributed by atoms with Crippen LogP contribution in [0.25, 0.3) is 0 Å². The number of halogens is 3. The van der Waals surface area contributed by atoms with Crippen LogP contribution in [0.2, 0.25) is 0 Å². The molecular formula is C18H17F3N2O2. The smallest absolute Gasteiger partial charge is 0.370 e. The van der Waals surface area contributed by atoms with Crippen LogP contribution >= 0.6 is 0 Å². The van der Waals surface area contributed by atoms with Gasteiger partial charge < -0.3 is 15.0 Å². The summed E-state index contributed by atoms with van der Waals surface area (Å²) in [7, 11) is 0. The molecule has 0 aromatic heterocycles. The Morgan fingerprint density at radius 2 is 1.76 bits per heavy atom. The van der Waals surface area contributed by atoms with E-state index in [0.717, 1.165) is 17.7 Å². The quantitative estimate of drug-likeness (QED) is 0.877. The van der Waals surface area contributed by atoms with E-state index in [0.29, 0.717) is 25.4 Å². The largest absolute Gasteiger partial charge is 0.416 e. The molecule has 4 nitrogen and oxygen atoms in total. The molecule has 1 unspecified atom stereocenters. The number of carbonyl (C=O) groups excluding carboxylic acids is 1. The maximum absolute atomic E-state index is 12.6. The fourth-order valence-corrected chi connectivity index (χ4v) is 2.65. The minimum Gasteiger partial charge on any atom is -0.370 e. The highest BCUT2D eigenvalue weighted by atomic mass is 19.4. The van der Waals surface area contributed by atoms with Crippen molar-refractivity contribution in [3.8, 4) is 0 Å². The van der Waals surface area contributed by atoms with Crippen molar-refractivity contribution in [2.24, 2.45) is 0 Å². The minimum atomic E-state index is -4.39. The number of hydrogen-bond donors (Lipinski definition) is 1. The molecule has 0 radical (unpaired) electrons. The molecule has 1 saturated heterocycles. The summed E-state index contributed by atoms with van der Waals surface area (Å²) in [5.74, 6) is 0. The van der Waals surface area contributed by atoms with Crippen LogP contribution in [0, 0.1) is 0 Å². The molecule has 1 aliphatic rings. The van der Waals surface area contributed by atoms with Gasteiger partial charge in [0.25, 0.3) is 0 Å². The third-order valence-electron chi connectivity index (χ3n) is 3.99. The Kier molecular flexibility index (Phi) is 4.94. The van der Waals surface area contributed by atoms with E-state index in [1.54, 1.807) is 4.90 Å². The Morgan fingerprint density at radius 3 is 2.40 bits per heavy atom. The van der Waals surface area contributed by atoms with Gasteiger partial charge in [-0.1, -0.05) is 30.3 Å². The zero-order chi connectivity index (χ0) is 17.9. The Morgan fingerprint density at radius 1 is 1.08 bits per heavy atom. The first-order valence-corrected chi connectivity index (χ1v) is 7.83. The number of morpholine rings is 1. The summed E-state index contributed by atoms with van der Waals surface area (Å²) < 4.78 is 43.4. The summed E-state index contributed by atoms with van der Waals surface area (Å²) in [6.07, 6.45) is -4.61. The summed E-state index contributed by atoms with van der Waals surface area (Å²) in [5.41, 5.74) is 0.552. The molecule has 1 heterocycles. The van der Waals surface area contributed by atoms with Gasteiger partial charge in [-0.3, -0.25) is 0 Å². The van der Waals surface area contributed by atoms with Gasteiger partial charge in [0.15, 0.2) is 0 Å². The number of benzene rings is 2. The zero-order valence-electron chi connectivity index (χ0n) is 13.3. The number of nitrogens with zero attached hydrogens (tertiary/aromatic N) is 1. The van der Waals surface area contributed by atoms with Gasteiger partial charge in [0, 0.05) is 12.2 Å². The first kappa shape index (κ1) is 17.3. The fraction of sp³-hybridized carbons (Fsp3) is 0.278. The summed E-state index contributed by atoms with van der Waals surface area (Å²) in [4.78, 5) is 14.0. The number of carbonyl (C=O) groups is 1. The third-order valence-corrected chi connectivity index (χ3v) is 3.99. The highest BCUT2D eigenvalue weighted by Gasteiger charge is 2.30. The van der Waals surface area contributed by atoms with E-state index >= 15 is 0 Å². The predicted octanol–water partition coefficient (Wildman–Crippen LogP) is 4.31. The van der Waals surface area contributed by atoms with E-state index in [1.165, 1.54) is 12.1 Å². The lowest BCUT2D eigenvalue weighted by molar-refractivity contribution is -0.137. The van der Waals surface area contributed by atoms with Gasteiger partial charge in [-0.05, 0) is 29.8 Å². The van der Waals surface area contributed by atoms with Gasteiger partial charge in [0.2, 0.25) is 0 Å². The molecule has 132 valence electrons. The van der Waals surface area contributed by atoms with Crippen LogP contribution in [0.5, 0.6) is 0 Å². The van der Waals surface area contributed by atoms with Crippen molar-refractivity contribution in [3.05, 3.63) is 65.7 Å². The van der Waals surface area contributed by atoms with Gasteiger partial charge in [0.05, 0.1) is 18.7 Å². The molecule has 25 heavy (non-hydrogen) atoms. The summed E-state index contributed by atoms with van der Waals surface area (Å²) in [6, 6.07) is 13.6. The van der Waals surface area contributed by atoms with Gasteiger partial charge in [-0.2, -0.15) is 13.2 Å². The van der Waals surface area contributed by atoms with Crippen LogP contribution in [-0.4, -0.2) is 30.6 Å². The number of amides is 2. The third kappa shape index (κ3) is 4.30. The van der Waals surface area contributed by atoms with Crippen LogP contribution in [0.4, 0.5) is 23.7 Å². The number of alkyl halides is 3. The lowest BCUT2D eigenvalue weighted by Crippen LogP contribution is -2.44. The zero-order valence-corrected chi connectivity index (χ0v) is 13.3. The average molecular weight is 350 g/mol. The molecule has 1 fully saturated rings. The van der Waals surface area contributed by atoms with Crippen LogP contribution in [-0.2, 0) is 10.9 Å². The van der Waals surface area contributed by atoms with Crippen molar-refractivity contribution in [2.45, 2.75) is 12.3 Å². The second-order valence-electron chi connectivity index (χ2n) is 5.72. The first-order valence-electron chi connectivity index (χ1n) is 7.83. The molecule has 0 bridgehead atoms. The first-order chi connectivity index (χ1) is 11.9. The molecule has 7 heteroatoms. The maximum Gasteiger partial charge on any atom is 0.416 e. The van der Waals surface area contributed by atoms with Crippen molar-refractivity contribution < 1.29 is 22.7 Å². The van der Waals surface area contributed by atoms with Gasteiger partial charge in [-0.25, -0.2) is 4.79 Å². The topological polar surface area (TPSA) is 41.6 Å². The molecular weight excluding hydrogens is 333 g/mol. The van der Waals surface area contributed by atoms with E-state index in [-0.39, 0.29) is 12.1 Å². The number of anilines is 1. The van der Waals surface area contributed by atoms with E-state index in [4.69, 9.17) is 4.74 Å². The van der Waals surface area contributed by atoms with Gasteiger partial charge in [-0.15, -0.1) is 0 Å². The SMILES string of the molecule is O=C(Nc1ccc(C(F)(F)F)cc1)N1CCOC(c2ccccc2)C1. The Hall–Kier alpha value is -2.54. The molecule has 1 atom stereocenters. The van der Waals surface area contributed by atoms with Crippen LogP contribution < -0.4 is 5.32 Å². The monoisotopic (exact) mass is 350 g/mol. The predicted molar refractivity (Wildman–Crippen MR) is 87.2 cm³/mol. The fourth-order valence-electron chi connectivity index (χ4n) is 2.65. The van der Waals surface area contributed by atoms with Gasteiger partial charge in [0.1, 0.15) is 6.10 Å². The molecule has 0 aliphatic carbocycles. The lowest BCUT2D eigenvalue weighted by Gasteiger charge is -2.33. The Balaban J connectivity index is 1.63. The van der Waals surface area contributed by atoms with Gasteiger partial charge >= 0.3 is 12.2 Å². The molecule has 1 aliphatic heterocycles. The second kappa shape index (κ2) is 7.14. The van der Waals surface area contributed by atoms with Crippen molar-refractivity contribution >= 4 is 11.7 Å².